The van der Waals surface area contributed by atoms with Crippen LogP contribution in [0.15, 0.2) is 516 Å². The Bertz CT molecular complexity index is 10100. The van der Waals surface area contributed by atoms with Crippen LogP contribution < -0.4 is 0 Å². The second kappa shape index (κ2) is 38.6. The van der Waals surface area contributed by atoms with Gasteiger partial charge in [0.2, 0.25) is 0 Å². The third-order valence-corrected chi connectivity index (χ3v) is 32.0. The normalized spacial score (nSPS) is 11.5. The number of nitrogens with zero attached hydrogens (tertiary/aromatic N) is 9. The minimum Gasteiger partial charge on any atom is -0.208 e. The van der Waals surface area contributed by atoms with Gasteiger partial charge in [-0.2, -0.15) is 0 Å². The molecular weight excluding hydrogens is 1870 g/mol. The Morgan fingerprint density at radius 1 is 0.114 bits per heavy atom. The second-order valence-electron chi connectivity index (χ2n) is 37.2. The standard InChI is InChI=1S/C55H33N3S.C43H27N3S.C39H25N3S/c1-4-17-39-34(13-1)16-11-23-43(39)46-32-31-35-14-2-6-19-41(35)51(46)55-57-53(56-54(58-55)48-25-12-24-47-45-22-9-10-26-50(45)59-52(47)48)37-29-27-36(28-30-37)49-33-38-15-3-5-18-40(38)42-20-7-8-21-44(42)49;1-2-10-28(11-3-1)29-20-24-32(25-21-29)41-44-42(33-26-22-31(23-27-33)35-16-8-13-30-12-4-5-14-34(30)35)46-43(45-41)38-18-9-17-37-36-15-6-7-19-39(36)47-40(37)38;1-3-10-26(11-4-1)28-18-22-30(23-19-28)37-40-38(31-24-20-29(21-25-31)27-12-5-2-6-13-27)42-39(41-37)34-16-9-15-33-32-14-7-8-17-35(32)43-36(33)34/h1-33H;1-27H;1-25H. The molecule has 0 saturated carbocycles. The molecule has 29 aromatic rings. The fraction of sp³-hybridized carbons (Fsp3) is 0. The molecule has 6 heterocycles. The van der Waals surface area contributed by atoms with E-state index in [0.717, 1.165) is 99.8 Å². The van der Waals surface area contributed by atoms with E-state index in [1.165, 1.54) is 131 Å². The Balaban J connectivity index is 0.000000112. The summed E-state index contributed by atoms with van der Waals surface area (Å²) in [6.45, 7) is 0. The van der Waals surface area contributed by atoms with Gasteiger partial charge in [0.05, 0.1) is 0 Å². The van der Waals surface area contributed by atoms with Crippen molar-refractivity contribution in [1.29, 1.82) is 0 Å². The molecule has 0 fully saturated rings. The third-order valence-electron chi connectivity index (χ3n) is 28.3. The van der Waals surface area contributed by atoms with Crippen LogP contribution in [0.25, 0.3) is 284 Å². The first-order valence-electron chi connectivity index (χ1n) is 49.9. The van der Waals surface area contributed by atoms with E-state index in [4.69, 9.17) is 44.9 Å². The van der Waals surface area contributed by atoms with Gasteiger partial charge in [0.1, 0.15) is 0 Å². The molecule has 6 aromatic heterocycles. The molecule has 0 saturated heterocycles. The summed E-state index contributed by atoms with van der Waals surface area (Å²) in [6.07, 6.45) is 0. The van der Waals surface area contributed by atoms with E-state index in [0.29, 0.717) is 52.4 Å². The van der Waals surface area contributed by atoms with Gasteiger partial charge in [0.25, 0.3) is 0 Å². The van der Waals surface area contributed by atoms with Crippen LogP contribution in [0.3, 0.4) is 0 Å². The van der Waals surface area contributed by atoms with Crippen molar-refractivity contribution < 1.29 is 0 Å². The summed E-state index contributed by atoms with van der Waals surface area (Å²) in [5.74, 6) is 5.91. The van der Waals surface area contributed by atoms with Crippen molar-refractivity contribution in [3.8, 4) is 169 Å². The number of fused-ring (bicyclic) bond motifs is 15. The van der Waals surface area contributed by atoms with Gasteiger partial charge in [-0.05, 0) is 163 Å². The predicted octanol–water partition coefficient (Wildman–Crippen LogP) is 37.5. The Morgan fingerprint density at radius 3 is 0.765 bits per heavy atom. The van der Waals surface area contributed by atoms with E-state index in [-0.39, 0.29) is 0 Å². The molecule has 149 heavy (non-hydrogen) atoms. The van der Waals surface area contributed by atoms with E-state index >= 15 is 0 Å². The minimum atomic E-state index is 0.634. The summed E-state index contributed by atoms with van der Waals surface area (Å²) in [4.78, 5) is 46.6. The van der Waals surface area contributed by atoms with Crippen LogP contribution in [0.2, 0.25) is 0 Å². The van der Waals surface area contributed by atoms with Crippen LogP contribution in [0, 0.1) is 0 Å². The fourth-order valence-corrected chi connectivity index (χ4v) is 24.5. The molecule has 0 amide bonds. The fourth-order valence-electron chi connectivity index (χ4n) is 20.9. The van der Waals surface area contributed by atoms with Crippen LogP contribution >= 0.6 is 34.0 Å². The van der Waals surface area contributed by atoms with Gasteiger partial charge in [-0.1, -0.05) is 473 Å². The van der Waals surface area contributed by atoms with Crippen molar-refractivity contribution in [2.75, 3.05) is 0 Å². The number of thiophene rings is 3. The molecule has 0 unspecified atom stereocenters. The summed E-state index contributed by atoms with van der Waals surface area (Å²) < 4.78 is 7.29. The summed E-state index contributed by atoms with van der Waals surface area (Å²) in [7, 11) is 0. The SMILES string of the molecule is c1ccc(-c2ccc(-c3nc(-c4ccc(-c5cccc6ccccc56)cc4)nc(-c4cccc5c4sc4ccccc45)n3)cc2)cc1.c1ccc(-c2ccc(-c3nc(-c4ccc(-c5ccccc5)cc4)nc(-c4cccc5c4sc4ccccc45)n3)cc2)cc1.c1ccc2c(-c3ccc4ccccc4c3-c3nc(-c4ccc(-c5cc6ccccc6c6ccccc56)cc4)nc(-c4cccc5c4sc4ccccc45)n3)cccc2c1. The zero-order chi connectivity index (χ0) is 98.6. The van der Waals surface area contributed by atoms with Crippen molar-refractivity contribution in [3.05, 3.63) is 516 Å². The second-order valence-corrected chi connectivity index (χ2v) is 40.4. The minimum absolute atomic E-state index is 0.634. The highest BCUT2D eigenvalue weighted by Crippen LogP contribution is 2.48. The Hall–Kier alpha value is -19.0. The van der Waals surface area contributed by atoms with E-state index in [2.05, 4.69) is 497 Å². The molecule has 29 rings (SSSR count). The van der Waals surface area contributed by atoms with E-state index < -0.39 is 0 Å². The lowest BCUT2D eigenvalue weighted by Gasteiger charge is -2.16. The van der Waals surface area contributed by atoms with Gasteiger partial charge < -0.3 is 0 Å². The summed E-state index contributed by atoms with van der Waals surface area (Å²) in [6, 6.07) is 182. The Labute approximate surface area is 871 Å². The lowest BCUT2D eigenvalue weighted by atomic mass is 9.90. The maximum atomic E-state index is 5.45. The summed E-state index contributed by atoms with van der Waals surface area (Å²) in [5, 5.41) is 19.5. The Kier molecular flexibility index (Phi) is 23.1. The number of hydrogen-bond acceptors (Lipinski definition) is 12. The molecule has 9 nitrogen and oxygen atoms in total. The molecule has 0 bridgehead atoms. The van der Waals surface area contributed by atoms with E-state index in [9.17, 15) is 0 Å². The molecule has 0 radical (unpaired) electrons. The van der Waals surface area contributed by atoms with Crippen molar-refractivity contribution in [3.63, 3.8) is 0 Å². The van der Waals surface area contributed by atoms with Gasteiger partial charge in [0.15, 0.2) is 52.4 Å². The monoisotopic (exact) mass is 1950 g/mol. The van der Waals surface area contributed by atoms with Crippen molar-refractivity contribution >= 4 is 148 Å². The van der Waals surface area contributed by atoms with E-state index in [1.54, 1.807) is 34.0 Å². The molecule has 23 aromatic carbocycles. The molecular formula is C137H85N9S3. The highest BCUT2D eigenvalue weighted by Gasteiger charge is 2.26. The largest absolute Gasteiger partial charge is 0.208 e. The predicted molar refractivity (Wildman–Crippen MR) is 627 cm³/mol. The van der Waals surface area contributed by atoms with Crippen LogP contribution in [-0.4, -0.2) is 44.9 Å². The van der Waals surface area contributed by atoms with Crippen molar-refractivity contribution in [2.24, 2.45) is 0 Å². The van der Waals surface area contributed by atoms with Gasteiger partial charge >= 0.3 is 0 Å². The third kappa shape index (κ3) is 17.0. The first-order valence-corrected chi connectivity index (χ1v) is 52.4. The highest BCUT2D eigenvalue weighted by molar-refractivity contribution is 7.27. The summed E-state index contributed by atoms with van der Waals surface area (Å²) >= 11 is 5.36. The molecule has 0 spiro atoms. The van der Waals surface area contributed by atoms with Crippen molar-refractivity contribution in [2.45, 2.75) is 0 Å². The van der Waals surface area contributed by atoms with E-state index in [1.807, 2.05) is 18.2 Å². The van der Waals surface area contributed by atoms with Crippen LogP contribution in [0.5, 0.6) is 0 Å². The first kappa shape index (κ1) is 88.9. The topological polar surface area (TPSA) is 116 Å². The zero-order valence-electron chi connectivity index (χ0n) is 80.3. The maximum absolute atomic E-state index is 5.45. The van der Waals surface area contributed by atoms with Crippen LogP contribution in [0.1, 0.15) is 0 Å². The molecule has 12 heteroatoms. The molecule has 0 aliphatic carbocycles. The molecule has 0 atom stereocenters. The molecule has 696 valence electrons. The quantitative estimate of drug-likeness (QED) is 0.0925. The Morgan fingerprint density at radius 2 is 0.362 bits per heavy atom. The number of hydrogen-bond donors (Lipinski definition) is 0. The van der Waals surface area contributed by atoms with Gasteiger partial charge in [0, 0.05) is 111 Å². The molecule has 0 N–H and O–H groups in total. The number of rotatable bonds is 15. The van der Waals surface area contributed by atoms with Gasteiger partial charge in [-0.25, -0.2) is 44.9 Å². The van der Waals surface area contributed by atoms with Crippen LogP contribution in [-0.2, 0) is 0 Å². The molecule has 0 aliphatic heterocycles. The van der Waals surface area contributed by atoms with Gasteiger partial charge in [-0.15, -0.1) is 34.0 Å². The zero-order valence-corrected chi connectivity index (χ0v) is 82.8. The highest BCUT2D eigenvalue weighted by atomic mass is 32.1. The average Bonchev–Trinajstić information content (AvgIpc) is 0.969. The number of benzene rings is 23. The summed E-state index contributed by atoms with van der Waals surface area (Å²) in [5.41, 5.74) is 22.7. The first-order chi connectivity index (χ1) is 73.8. The smallest absolute Gasteiger partial charge is 0.165 e. The lowest BCUT2D eigenvalue weighted by molar-refractivity contribution is 1.08. The van der Waals surface area contributed by atoms with Crippen molar-refractivity contribution in [1.82, 2.24) is 44.9 Å². The number of aromatic nitrogens is 9. The average molecular weight is 1950 g/mol. The maximum Gasteiger partial charge on any atom is 0.165 e. The van der Waals surface area contributed by atoms with Gasteiger partial charge in [-0.3, -0.25) is 0 Å². The lowest BCUT2D eigenvalue weighted by Crippen LogP contribution is -2.02. The van der Waals surface area contributed by atoms with Crippen LogP contribution in [0.4, 0.5) is 0 Å². The molecule has 0 aliphatic rings.